The third kappa shape index (κ3) is 6.19. The molecule has 0 aliphatic carbocycles. The Hall–Kier alpha value is -0.900. The van der Waals surface area contributed by atoms with Crippen LogP contribution in [-0.4, -0.2) is 37.7 Å². The number of nitrogens with zero attached hydrogens (tertiary/aromatic N) is 1. The van der Waals surface area contributed by atoms with Crippen molar-refractivity contribution in [3.63, 3.8) is 0 Å². The third-order valence-electron chi connectivity index (χ3n) is 3.33. The molecule has 1 unspecified atom stereocenters. The molecule has 1 aromatic carbocycles. The number of ether oxygens (including phenoxy) is 1. The Balaban J connectivity index is 2.30. The summed E-state index contributed by atoms with van der Waals surface area (Å²) in [6, 6.07) is 8.48. The molecule has 1 atom stereocenters. The maximum atomic E-state index is 6.26. The summed E-state index contributed by atoms with van der Waals surface area (Å²) >= 11 is 0. The van der Waals surface area contributed by atoms with Crippen molar-refractivity contribution in [2.75, 3.05) is 26.7 Å². The number of rotatable bonds is 8. The van der Waals surface area contributed by atoms with E-state index in [2.05, 4.69) is 57.0 Å². The topological polar surface area (TPSA) is 38.5 Å². The molecular weight excluding hydrogens is 236 g/mol. The number of hydrogen-bond acceptors (Lipinski definition) is 3. The first-order valence-electron chi connectivity index (χ1n) is 7.12. The van der Waals surface area contributed by atoms with Crippen LogP contribution in [0, 0.1) is 6.92 Å². The van der Waals surface area contributed by atoms with Gasteiger partial charge in [-0.2, -0.15) is 0 Å². The third-order valence-corrected chi connectivity index (χ3v) is 3.33. The minimum Gasteiger partial charge on any atom is -0.377 e. The molecule has 0 bridgehead atoms. The van der Waals surface area contributed by atoms with E-state index in [1.54, 1.807) is 0 Å². The fourth-order valence-corrected chi connectivity index (χ4v) is 2.07. The number of benzene rings is 1. The van der Waals surface area contributed by atoms with Crippen molar-refractivity contribution in [3.05, 3.63) is 35.4 Å². The van der Waals surface area contributed by atoms with Crippen molar-refractivity contribution in [1.29, 1.82) is 0 Å². The van der Waals surface area contributed by atoms with Gasteiger partial charge in [-0.1, -0.05) is 24.3 Å². The van der Waals surface area contributed by atoms with E-state index in [0.717, 1.165) is 26.1 Å². The van der Waals surface area contributed by atoms with Crippen LogP contribution in [0.2, 0.25) is 0 Å². The predicted octanol–water partition coefficient (Wildman–Crippen LogP) is 2.74. The maximum absolute atomic E-state index is 6.26. The Kier molecular flexibility index (Phi) is 7.06. The van der Waals surface area contributed by atoms with E-state index in [-0.39, 0.29) is 6.04 Å². The van der Waals surface area contributed by atoms with Gasteiger partial charge >= 0.3 is 0 Å². The lowest BCUT2D eigenvalue weighted by Gasteiger charge is -2.21. The molecule has 0 spiro atoms. The fraction of sp³-hybridized carbons (Fsp3) is 0.625. The minimum absolute atomic E-state index is 0.120. The van der Waals surface area contributed by atoms with Crippen LogP contribution in [-0.2, 0) is 4.74 Å². The zero-order valence-electron chi connectivity index (χ0n) is 12.7. The molecule has 2 N–H and O–H groups in total. The van der Waals surface area contributed by atoms with E-state index in [9.17, 15) is 0 Å². The lowest BCUT2D eigenvalue weighted by molar-refractivity contribution is 0.0634. The highest BCUT2D eigenvalue weighted by molar-refractivity contribution is 5.28. The first-order chi connectivity index (χ1) is 9.00. The van der Waals surface area contributed by atoms with E-state index < -0.39 is 0 Å². The normalized spacial score (nSPS) is 13.2. The average molecular weight is 264 g/mol. The molecule has 1 aromatic rings. The lowest BCUT2D eigenvalue weighted by atomic mass is 9.99. The van der Waals surface area contributed by atoms with Crippen LogP contribution in [0.3, 0.4) is 0 Å². The predicted molar refractivity (Wildman–Crippen MR) is 81.3 cm³/mol. The maximum Gasteiger partial charge on any atom is 0.0596 e. The molecule has 0 aromatic heterocycles. The van der Waals surface area contributed by atoms with Crippen molar-refractivity contribution >= 4 is 0 Å². The summed E-state index contributed by atoms with van der Waals surface area (Å²) in [4.78, 5) is 2.28. The molecule has 3 nitrogen and oxygen atoms in total. The minimum atomic E-state index is 0.120. The smallest absolute Gasteiger partial charge is 0.0596 e. The van der Waals surface area contributed by atoms with Gasteiger partial charge in [-0.25, -0.2) is 0 Å². The molecule has 108 valence electrons. The van der Waals surface area contributed by atoms with Crippen LogP contribution >= 0.6 is 0 Å². The van der Waals surface area contributed by atoms with Gasteiger partial charge in [-0.3, -0.25) is 0 Å². The molecule has 0 saturated heterocycles. The Bertz CT molecular complexity index is 366. The monoisotopic (exact) mass is 264 g/mol. The summed E-state index contributed by atoms with van der Waals surface area (Å²) in [7, 11) is 2.12. The molecule has 0 aliphatic heterocycles. The number of likely N-dealkylation sites (N-methyl/N-ethyl adjacent to an activating group) is 1. The second kappa shape index (κ2) is 8.31. The van der Waals surface area contributed by atoms with E-state index in [1.165, 1.54) is 11.1 Å². The van der Waals surface area contributed by atoms with Gasteiger partial charge in [-0.05, 0) is 51.9 Å². The molecular formula is C16H28N2O. The molecule has 1 rings (SSSR count). The van der Waals surface area contributed by atoms with E-state index >= 15 is 0 Å². The summed E-state index contributed by atoms with van der Waals surface area (Å²) in [5.41, 5.74) is 8.80. The first-order valence-corrected chi connectivity index (χ1v) is 7.12. The lowest BCUT2D eigenvalue weighted by Crippen LogP contribution is -2.28. The van der Waals surface area contributed by atoms with Crippen LogP contribution in [0.1, 0.15) is 37.4 Å². The van der Waals surface area contributed by atoms with Crippen LogP contribution in [0.25, 0.3) is 0 Å². The largest absolute Gasteiger partial charge is 0.377 e. The molecule has 0 amide bonds. The molecule has 0 fully saturated rings. The van der Waals surface area contributed by atoms with Gasteiger partial charge in [0.25, 0.3) is 0 Å². The van der Waals surface area contributed by atoms with Gasteiger partial charge in [0.05, 0.1) is 12.7 Å². The first kappa shape index (κ1) is 16.2. The Labute approximate surface area is 117 Å². The highest BCUT2D eigenvalue weighted by Gasteiger charge is 2.09. The summed E-state index contributed by atoms with van der Waals surface area (Å²) in [6.45, 7) is 8.99. The molecule has 0 aliphatic rings. The van der Waals surface area contributed by atoms with Gasteiger partial charge in [0.2, 0.25) is 0 Å². The van der Waals surface area contributed by atoms with E-state index in [4.69, 9.17) is 10.5 Å². The second-order valence-corrected chi connectivity index (χ2v) is 5.47. The van der Waals surface area contributed by atoms with Crippen molar-refractivity contribution in [2.24, 2.45) is 5.73 Å². The number of nitrogens with two attached hydrogens (primary N) is 1. The zero-order valence-corrected chi connectivity index (χ0v) is 12.7. The fourth-order valence-electron chi connectivity index (χ4n) is 2.07. The van der Waals surface area contributed by atoms with Crippen molar-refractivity contribution in [1.82, 2.24) is 4.90 Å². The van der Waals surface area contributed by atoms with Crippen molar-refractivity contribution in [2.45, 2.75) is 39.3 Å². The Morgan fingerprint density at radius 3 is 2.53 bits per heavy atom. The molecule has 19 heavy (non-hydrogen) atoms. The molecule has 0 saturated carbocycles. The van der Waals surface area contributed by atoms with Crippen LogP contribution < -0.4 is 5.73 Å². The van der Waals surface area contributed by atoms with Gasteiger partial charge < -0.3 is 15.4 Å². The van der Waals surface area contributed by atoms with E-state index in [1.807, 2.05) is 0 Å². The highest BCUT2D eigenvalue weighted by atomic mass is 16.5. The summed E-state index contributed by atoms with van der Waals surface area (Å²) in [5.74, 6) is 0. The number of hydrogen-bond donors (Lipinski definition) is 1. The summed E-state index contributed by atoms with van der Waals surface area (Å²) in [6.07, 6.45) is 1.28. The van der Waals surface area contributed by atoms with Crippen LogP contribution in [0.5, 0.6) is 0 Å². The van der Waals surface area contributed by atoms with Crippen molar-refractivity contribution < 1.29 is 4.74 Å². The quantitative estimate of drug-likeness (QED) is 0.784. The second-order valence-electron chi connectivity index (χ2n) is 5.47. The highest BCUT2D eigenvalue weighted by Crippen LogP contribution is 2.18. The van der Waals surface area contributed by atoms with Crippen LogP contribution in [0.4, 0.5) is 0 Å². The zero-order chi connectivity index (χ0) is 14.3. The summed E-state index contributed by atoms with van der Waals surface area (Å²) < 4.78 is 5.55. The molecule has 3 heteroatoms. The Morgan fingerprint density at radius 1 is 1.21 bits per heavy atom. The SMILES string of the molecule is Cc1ccccc1C(N)CCN(C)CCOC(C)C. The molecule has 0 heterocycles. The van der Waals surface area contributed by atoms with Gasteiger partial charge in [0.1, 0.15) is 0 Å². The Morgan fingerprint density at radius 2 is 1.89 bits per heavy atom. The van der Waals surface area contributed by atoms with Gasteiger partial charge in [0, 0.05) is 12.6 Å². The molecule has 0 radical (unpaired) electrons. The van der Waals surface area contributed by atoms with Gasteiger partial charge in [-0.15, -0.1) is 0 Å². The van der Waals surface area contributed by atoms with E-state index in [0.29, 0.717) is 6.10 Å². The standard InChI is InChI=1S/C16H28N2O/c1-13(2)19-12-11-18(4)10-9-16(17)15-8-6-5-7-14(15)3/h5-8,13,16H,9-12,17H2,1-4H3. The number of aryl methyl sites for hydroxylation is 1. The van der Waals surface area contributed by atoms with Crippen molar-refractivity contribution in [3.8, 4) is 0 Å². The summed E-state index contributed by atoms with van der Waals surface area (Å²) in [5, 5.41) is 0. The van der Waals surface area contributed by atoms with Crippen LogP contribution in [0.15, 0.2) is 24.3 Å². The van der Waals surface area contributed by atoms with Gasteiger partial charge in [0.15, 0.2) is 0 Å². The average Bonchev–Trinajstić information content (AvgIpc) is 2.36.